The van der Waals surface area contributed by atoms with Crippen molar-refractivity contribution in [1.82, 2.24) is 29.6 Å². The fraction of sp³-hybridized carbons (Fsp3) is 0.400. The third-order valence-electron chi connectivity index (χ3n) is 6.79. The van der Waals surface area contributed by atoms with E-state index in [0.717, 1.165) is 49.0 Å². The highest BCUT2D eigenvalue weighted by Crippen LogP contribution is 2.32. The summed E-state index contributed by atoms with van der Waals surface area (Å²) < 4.78 is 41.8. The van der Waals surface area contributed by atoms with Crippen LogP contribution in [0.1, 0.15) is 36.9 Å². The molecule has 1 fully saturated rings. The Morgan fingerprint density at radius 3 is 2.43 bits per heavy atom. The maximum Gasteiger partial charge on any atom is 0.253 e. The number of hydrogen-bond acceptors (Lipinski definition) is 6. The molecule has 35 heavy (non-hydrogen) atoms. The maximum atomic E-state index is 14.9. The smallest absolute Gasteiger partial charge is 0.253 e. The first kappa shape index (κ1) is 23.2. The topological polar surface area (TPSA) is 81.1 Å². The first-order valence-corrected chi connectivity index (χ1v) is 11.7. The van der Waals surface area contributed by atoms with E-state index >= 15 is 0 Å². The number of H-pyrrole nitrogens is 1. The van der Waals surface area contributed by atoms with Gasteiger partial charge in [-0.2, -0.15) is 10.1 Å². The molecular weight excluding hydrogens is 454 g/mol. The van der Waals surface area contributed by atoms with Crippen molar-refractivity contribution in [2.45, 2.75) is 32.2 Å². The van der Waals surface area contributed by atoms with Gasteiger partial charge < -0.3 is 19.4 Å². The molecule has 0 bridgehead atoms. The van der Waals surface area contributed by atoms with Gasteiger partial charge in [-0.15, -0.1) is 0 Å². The molecule has 1 N–H and O–H groups in total. The predicted molar refractivity (Wildman–Crippen MR) is 128 cm³/mol. The average molecular weight is 483 g/mol. The van der Waals surface area contributed by atoms with Crippen molar-refractivity contribution in [1.29, 1.82) is 0 Å². The highest BCUT2D eigenvalue weighted by atomic mass is 19.1. The van der Waals surface area contributed by atoms with Crippen LogP contribution in [0, 0.1) is 11.6 Å². The second kappa shape index (κ2) is 9.61. The van der Waals surface area contributed by atoms with Gasteiger partial charge in [0.25, 0.3) is 11.8 Å². The number of aromatic nitrogens is 5. The van der Waals surface area contributed by atoms with Gasteiger partial charge in [-0.25, -0.2) is 13.8 Å². The van der Waals surface area contributed by atoms with E-state index in [0.29, 0.717) is 17.3 Å². The molecule has 4 aromatic rings. The third-order valence-corrected chi connectivity index (χ3v) is 6.79. The second-order valence-electron chi connectivity index (χ2n) is 8.72. The van der Waals surface area contributed by atoms with Crippen molar-refractivity contribution in [3.63, 3.8) is 0 Å². The van der Waals surface area contributed by atoms with E-state index in [-0.39, 0.29) is 23.7 Å². The number of methoxy groups -OCH3 is 2. The van der Waals surface area contributed by atoms with Crippen LogP contribution in [0.15, 0.2) is 30.9 Å². The third kappa shape index (κ3) is 4.34. The average Bonchev–Trinajstić information content (AvgIpc) is 3.54. The summed E-state index contributed by atoms with van der Waals surface area (Å²) in [5.74, 6) is -2.32. The summed E-state index contributed by atoms with van der Waals surface area (Å²) in [4.78, 5) is 13.8. The molecule has 1 aliphatic rings. The van der Waals surface area contributed by atoms with E-state index in [1.165, 1.54) is 14.2 Å². The molecular formula is C25H28F2N6O2. The predicted octanol–water partition coefficient (Wildman–Crippen LogP) is 4.36. The highest BCUT2D eigenvalue weighted by Gasteiger charge is 2.24. The zero-order valence-corrected chi connectivity index (χ0v) is 20.0. The van der Waals surface area contributed by atoms with Gasteiger partial charge in [0.2, 0.25) is 0 Å². The second-order valence-corrected chi connectivity index (χ2v) is 8.72. The Kier molecular flexibility index (Phi) is 6.38. The lowest BCUT2D eigenvalue weighted by Crippen LogP contribution is -2.34. The molecule has 8 nitrogen and oxygen atoms in total. The number of pyridine rings is 2. The molecule has 0 aliphatic carbocycles. The molecule has 0 amide bonds. The van der Waals surface area contributed by atoms with Crippen molar-refractivity contribution in [3.8, 4) is 22.9 Å². The molecule has 0 aromatic carbocycles. The Bertz CT molecular complexity index is 1320. The van der Waals surface area contributed by atoms with Gasteiger partial charge in [-0.05, 0) is 31.0 Å². The molecule has 0 atom stereocenters. The number of fused-ring (bicyclic) bond motifs is 1. The van der Waals surface area contributed by atoms with Crippen LogP contribution < -0.4 is 9.47 Å². The Morgan fingerprint density at radius 1 is 1.06 bits per heavy atom. The van der Waals surface area contributed by atoms with Gasteiger partial charge >= 0.3 is 0 Å². The Labute approximate surface area is 201 Å². The molecule has 1 aliphatic heterocycles. The zero-order valence-electron chi connectivity index (χ0n) is 20.0. The zero-order chi connectivity index (χ0) is 24.5. The molecule has 4 aromatic heterocycles. The number of piperidine rings is 1. The van der Waals surface area contributed by atoms with Crippen LogP contribution in [0.4, 0.5) is 8.78 Å². The lowest BCUT2D eigenvalue weighted by molar-refractivity contribution is 0.187. The minimum atomic E-state index is -0.848. The SMILES string of the molecule is CCN1CCC(n2cc(-c3cnc4[nH]cc(Cc5c(F)c(OC)nc(OC)c5F)c4c3)cn2)CC1. The van der Waals surface area contributed by atoms with Crippen LogP contribution in [0.2, 0.25) is 0 Å². The van der Waals surface area contributed by atoms with Gasteiger partial charge in [-0.1, -0.05) is 6.92 Å². The van der Waals surface area contributed by atoms with Gasteiger partial charge in [0.15, 0.2) is 11.6 Å². The monoisotopic (exact) mass is 482 g/mol. The first-order valence-electron chi connectivity index (χ1n) is 11.7. The van der Waals surface area contributed by atoms with Crippen LogP contribution in [-0.2, 0) is 6.42 Å². The molecule has 1 saturated heterocycles. The largest absolute Gasteiger partial charge is 0.479 e. The van der Waals surface area contributed by atoms with E-state index < -0.39 is 11.6 Å². The number of nitrogens with zero attached hydrogens (tertiary/aromatic N) is 5. The lowest BCUT2D eigenvalue weighted by atomic mass is 10.0. The summed E-state index contributed by atoms with van der Waals surface area (Å²) in [6, 6.07) is 2.36. The van der Waals surface area contributed by atoms with Crippen molar-refractivity contribution in [3.05, 3.63) is 53.6 Å². The van der Waals surface area contributed by atoms with Crippen molar-refractivity contribution < 1.29 is 18.3 Å². The molecule has 0 spiro atoms. The van der Waals surface area contributed by atoms with Crippen LogP contribution in [0.3, 0.4) is 0 Å². The van der Waals surface area contributed by atoms with Crippen LogP contribution in [0.25, 0.3) is 22.2 Å². The highest BCUT2D eigenvalue weighted by molar-refractivity contribution is 5.84. The van der Waals surface area contributed by atoms with Crippen molar-refractivity contribution >= 4 is 11.0 Å². The molecule has 5 rings (SSSR count). The first-order chi connectivity index (χ1) is 17.0. The van der Waals surface area contributed by atoms with Crippen molar-refractivity contribution in [2.24, 2.45) is 0 Å². The summed E-state index contributed by atoms with van der Waals surface area (Å²) in [7, 11) is 2.56. The van der Waals surface area contributed by atoms with Crippen molar-refractivity contribution in [2.75, 3.05) is 33.9 Å². The number of halogens is 2. The summed E-state index contributed by atoms with van der Waals surface area (Å²) in [6.07, 6.45) is 9.52. The summed E-state index contributed by atoms with van der Waals surface area (Å²) >= 11 is 0. The van der Waals surface area contributed by atoms with E-state index in [9.17, 15) is 8.78 Å². The number of rotatable bonds is 7. The summed E-state index contributed by atoms with van der Waals surface area (Å²) in [5.41, 5.74) is 3.00. The lowest BCUT2D eigenvalue weighted by Gasteiger charge is -2.31. The number of aromatic amines is 1. The van der Waals surface area contributed by atoms with Gasteiger partial charge in [0.05, 0.1) is 26.5 Å². The molecule has 0 saturated carbocycles. The Hall–Kier alpha value is -3.53. The number of ether oxygens (including phenoxy) is 2. The van der Waals surface area contributed by atoms with Crippen LogP contribution >= 0.6 is 0 Å². The van der Waals surface area contributed by atoms with Crippen LogP contribution in [0.5, 0.6) is 11.8 Å². The van der Waals surface area contributed by atoms with E-state index in [4.69, 9.17) is 9.47 Å². The Morgan fingerprint density at radius 2 is 1.77 bits per heavy atom. The van der Waals surface area contributed by atoms with Gasteiger partial charge in [0.1, 0.15) is 5.65 Å². The number of hydrogen-bond donors (Lipinski definition) is 1. The fourth-order valence-corrected chi connectivity index (χ4v) is 4.71. The molecule has 10 heteroatoms. The standard InChI is InChI=1S/C25H28F2N6O2/c1-4-32-7-5-18(6-8-32)33-14-17(13-30-33)15-9-19-16(12-29-23(19)28-11-15)10-20-21(26)24(34-2)31-25(35-3)22(20)27/h9,11-14,18H,4-8,10H2,1-3H3,(H,28,29). The minimum absolute atomic E-state index is 0.0205. The maximum absolute atomic E-state index is 14.9. The van der Waals surface area contributed by atoms with Gasteiger partial charge in [-0.3, -0.25) is 4.68 Å². The van der Waals surface area contributed by atoms with E-state index in [1.54, 1.807) is 12.4 Å². The van der Waals surface area contributed by atoms with Crippen LogP contribution in [-0.4, -0.2) is 63.5 Å². The molecule has 0 unspecified atom stereocenters. The molecule has 184 valence electrons. The number of nitrogens with one attached hydrogen (secondary N) is 1. The fourth-order valence-electron chi connectivity index (χ4n) is 4.71. The number of likely N-dealkylation sites (tertiary alicyclic amines) is 1. The molecule has 0 radical (unpaired) electrons. The Balaban J connectivity index is 1.45. The van der Waals surface area contributed by atoms with E-state index in [1.807, 2.05) is 16.9 Å². The summed E-state index contributed by atoms with van der Waals surface area (Å²) in [6.45, 7) is 5.42. The molecule has 5 heterocycles. The normalized spacial score (nSPS) is 15.1. The minimum Gasteiger partial charge on any atom is -0.479 e. The van der Waals surface area contributed by atoms with E-state index in [2.05, 4.69) is 38.1 Å². The van der Waals surface area contributed by atoms with Gasteiger partial charge in [0, 0.05) is 60.2 Å². The quantitative estimate of drug-likeness (QED) is 0.422. The summed E-state index contributed by atoms with van der Waals surface area (Å²) in [5, 5.41) is 5.39.